The fraction of sp³-hybridized carbons (Fsp3) is 0.556. The Balaban J connectivity index is 2.09. The number of hydrogen-bond acceptors (Lipinski definition) is 2. The molecule has 1 aromatic rings. The average Bonchev–Trinajstić information content (AvgIpc) is 2.50. The van der Waals surface area contributed by atoms with Crippen LogP contribution in [0.4, 0.5) is 0 Å². The highest BCUT2D eigenvalue weighted by Crippen LogP contribution is 2.22. The summed E-state index contributed by atoms with van der Waals surface area (Å²) in [6.45, 7) is 6.38. The van der Waals surface area contributed by atoms with Crippen LogP contribution >= 0.6 is 0 Å². The predicted molar refractivity (Wildman–Crippen MR) is 87.9 cm³/mol. The highest BCUT2D eigenvalue weighted by Gasteiger charge is 2.19. The molecule has 0 atom stereocenters. The molecule has 0 radical (unpaired) electrons. The van der Waals surface area contributed by atoms with E-state index in [2.05, 4.69) is 11.4 Å². The standard InChI is InChI=1S/C18H26N2O2/c1-4-20(12-17(21)19-13(2)3)18(22)16-10-9-14-7-5-6-8-15(14)11-16/h9-11,13H,4-8,12H2,1-3H3,(H,19,21). The van der Waals surface area contributed by atoms with Crippen molar-refractivity contribution in [3.63, 3.8) is 0 Å². The fourth-order valence-corrected chi connectivity index (χ4v) is 2.92. The van der Waals surface area contributed by atoms with E-state index in [1.165, 1.54) is 24.0 Å². The van der Waals surface area contributed by atoms with Gasteiger partial charge in [0.2, 0.25) is 5.91 Å². The van der Waals surface area contributed by atoms with E-state index in [-0.39, 0.29) is 24.4 Å². The Morgan fingerprint density at radius 1 is 1.18 bits per heavy atom. The van der Waals surface area contributed by atoms with Crippen LogP contribution in [-0.4, -0.2) is 35.8 Å². The van der Waals surface area contributed by atoms with Crippen molar-refractivity contribution in [2.75, 3.05) is 13.1 Å². The molecule has 2 rings (SSSR count). The number of hydrogen-bond donors (Lipinski definition) is 1. The van der Waals surface area contributed by atoms with Crippen molar-refractivity contribution >= 4 is 11.8 Å². The predicted octanol–water partition coefficient (Wildman–Crippen LogP) is 2.55. The van der Waals surface area contributed by atoms with Crippen molar-refractivity contribution in [1.82, 2.24) is 10.2 Å². The van der Waals surface area contributed by atoms with Crippen LogP contribution in [0.3, 0.4) is 0 Å². The van der Waals surface area contributed by atoms with Gasteiger partial charge in [-0.3, -0.25) is 9.59 Å². The molecule has 4 nitrogen and oxygen atoms in total. The van der Waals surface area contributed by atoms with Gasteiger partial charge in [-0.1, -0.05) is 6.07 Å². The minimum Gasteiger partial charge on any atom is -0.352 e. The Bertz CT molecular complexity index is 552. The van der Waals surface area contributed by atoms with Gasteiger partial charge < -0.3 is 10.2 Å². The lowest BCUT2D eigenvalue weighted by Gasteiger charge is -2.22. The molecule has 22 heavy (non-hydrogen) atoms. The number of aryl methyl sites for hydroxylation is 2. The van der Waals surface area contributed by atoms with E-state index in [9.17, 15) is 9.59 Å². The second-order valence-electron chi connectivity index (χ2n) is 6.23. The average molecular weight is 302 g/mol. The summed E-state index contributed by atoms with van der Waals surface area (Å²) in [5.41, 5.74) is 3.35. The van der Waals surface area contributed by atoms with Crippen LogP contribution in [0.5, 0.6) is 0 Å². The third-order valence-electron chi connectivity index (χ3n) is 4.05. The molecule has 1 aliphatic carbocycles. The Kier molecular flexibility index (Phi) is 5.58. The molecule has 0 heterocycles. The molecule has 1 aliphatic rings. The molecule has 0 saturated heterocycles. The molecule has 1 aromatic carbocycles. The molecule has 0 aliphatic heterocycles. The summed E-state index contributed by atoms with van der Waals surface area (Å²) in [5.74, 6) is -0.169. The smallest absolute Gasteiger partial charge is 0.254 e. The van der Waals surface area contributed by atoms with Gasteiger partial charge in [0.05, 0.1) is 6.54 Å². The van der Waals surface area contributed by atoms with Crippen LogP contribution in [0.25, 0.3) is 0 Å². The molecular formula is C18H26N2O2. The molecule has 120 valence electrons. The van der Waals surface area contributed by atoms with Crippen molar-refractivity contribution in [2.45, 2.75) is 52.5 Å². The lowest BCUT2D eigenvalue weighted by molar-refractivity contribution is -0.122. The number of carbonyl (C=O) groups is 2. The summed E-state index contributed by atoms with van der Waals surface area (Å²) in [4.78, 5) is 26.1. The first-order chi connectivity index (χ1) is 10.5. The second kappa shape index (κ2) is 7.43. The third-order valence-corrected chi connectivity index (χ3v) is 4.05. The Morgan fingerprint density at radius 2 is 1.86 bits per heavy atom. The van der Waals surface area contributed by atoms with Gasteiger partial charge in [-0.25, -0.2) is 0 Å². The van der Waals surface area contributed by atoms with Gasteiger partial charge in [-0.15, -0.1) is 0 Å². The van der Waals surface area contributed by atoms with E-state index in [0.29, 0.717) is 12.1 Å². The van der Waals surface area contributed by atoms with Gasteiger partial charge in [0.1, 0.15) is 0 Å². The number of nitrogens with zero attached hydrogens (tertiary/aromatic N) is 1. The van der Waals surface area contributed by atoms with E-state index in [4.69, 9.17) is 0 Å². The lowest BCUT2D eigenvalue weighted by atomic mass is 9.90. The number of likely N-dealkylation sites (N-methyl/N-ethyl adjacent to an activating group) is 1. The first kappa shape index (κ1) is 16.5. The van der Waals surface area contributed by atoms with Crippen LogP contribution in [-0.2, 0) is 17.6 Å². The molecule has 0 aromatic heterocycles. The summed E-state index contributed by atoms with van der Waals surface area (Å²) >= 11 is 0. The van der Waals surface area contributed by atoms with Crippen molar-refractivity contribution in [1.29, 1.82) is 0 Å². The molecule has 0 spiro atoms. The van der Waals surface area contributed by atoms with Crippen LogP contribution in [0.15, 0.2) is 18.2 Å². The summed E-state index contributed by atoms with van der Waals surface area (Å²) in [5, 5.41) is 2.83. The van der Waals surface area contributed by atoms with Gasteiger partial charge in [0, 0.05) is 18.2 Å². The largest absolute Gasteiger partial charge is 0.352 e. The molecule has 0 bridgehead atoms. The quantitative estimate of drug-likeness (QED) is 0.908. The van der Waals surface area contributed by atoms with Crippen LogP contribution in [0, 0.1) is 0 Å². The SMILES string of the molecule is CCN(CC(=O)NC(C)C)C(=O)c1ccc2c(c1)CCCC2. The molecule has 4 heteroatoms. The van der Waals surface area contributed by atoms with E-state index in [1.807, 2.05) is 32.9 Å². The lowest BCUT2D eigenvalue weighted by Crippen LogP contribution is -2.42. The van der Waals surface area contributed by atoms with E-state index in [0.717, 1.165) is 12.8 Å². The zero-order valence-electron chi connectivity index (χ0n) is 13.8. The van der Waals surface area contributed by atoms with Gasteiger partial charge >= 0.3 is 0 Å². The molecular weight excluding hydrogens is 276 g/mol. The molecule has 0 fully saturated rings. The zero-order valence-corrected chi connectivity index (χ0v) is 13.8. The second-order valence-corrected chi connectivity index (χ2v) is 6.23. The maximum absolute atomic E-state index is 12.6. The highest BCUT2D eigenvalue weighted by molar-refractivity contribution is 5.96. The van der Waals surface area contributed by atoms with Crippen molar-refractivity contribution < 1.29 is 9.59 Å². The Hall–Kier alpha value is -1.84. The minimum atomic E-state index is -0.108. The first-order valence-electron chi connectivity index (χ1n) is 8.21. The molecule has 0 unspecified atom stereocenters. The number of fused-ring (bicyclic) bond motifs is 1. The molecule has 0 saturated carbocycles. The molecule has 2 amide bonds. The van der Waals surface area contributed by atoms with Crippen molar-refractivity contribution in [2.24, 2.45) is 0 Å². The maximum Gasteiger partial charge on any atom is 0.254 e. The number of carbonyl (C=O) groups excluding carboxylic acids is 2. The van der Waals surface area contributed by atoms with Gasteiger partial charge in [-0.05, 0) is 69.7 Å². The number of amides is 2. The monoisotopic (exact) mass is 302 g/mol. The van der Waals surface area contributed by atoms with Crippen LogP contribution in [0.2, 0.25) is 0 Å². The van der Waals surface area contributed by atoms with Gasteiger partial charge in [0.15, 0.2) is 0 Å². The summed E-state index contributed by atoms with van der Waals surface area (Å²) < 4.78 is 0. The van der Waals surface area contributed by atoms with Crippen LogP contribution in [0.1, 0.15) is 55.1 Å². The Morgan fingerprint density at radius 3 is 2.50 bits per heavy atom. The zero-order chi connectivity index (χ0) is 16.1. The van der Waals surface area contributed by atoms with Crippen molar-refractivity contribution in [3.05, 3.63) is 34.9 Å². The van der Waals surface area contributed by atoms with E-state index >= 15 is 0 Å². The van der Waals surface area contributed by atoms with Crippen molar-refractivity contribution in [3.8, 4) is 0 Å². The summed E-state index contributed by atoms with van der Waals surface area (Å²) in [6.07, 6.45) is 4.59. The van der Waals surface area contributed by atoms with E-state index < -0.39 is 0 Å². The highest BCUT2D eigenvalue weighted by atomic mass is 16.2. The normalized spacial score (nSPS) is 13.6. The third kappa shape index (κ3) is 4.09. The summed E-state index contributed by atoms with van der Waals surface area (Å²) in [7, 11) is 0. The molecule has 1 N–H and O–H groups in total. The number of rotatable bonds is 5. The summed E-state index contributed by atoms with van der Waals surface area (Å²) in [6, 6.07) is 6.07. The Labute approximate surface area is 132 Å². The van der Waals surface area contributed by atoms with E-state index in [1.54, 1.807) is 4.90 Å². The fourth-order valence-electron chi connectivity index (χ4n) is 2.92. The number of benzene rings is 1. The minimum absolute atomic E-state index is 0.0604. The maximum atomic E-state index is 12.6. The van der Waals surface area contributed by atoms with Gasteiger partial charge in [0.25, 0.3) is 5.91 Å². The van der Waals surface area contributed by atoms with Gasteiger partial charge in [-0.2, -0.15) is 0 Å². The first-order valence-corrected chi connectivity index (χ1v) is 8.21. The topological polar surface area (TPSA) is 49.4 Å². The number of nitrogens with one attached hydrogen (secondary N) is 1. The van der Waals surface area contributed by atoms with Crippen LogP contribution < -0.4 is 5.32 Å².